The number of carbonyl (C=O) groups is 1. The van der Waals surface area contributed by atoms with E-state index in [1.54, 1.807) is 18.7 Å². The van der Waals surface area contributed by atoms with E-state index in [2.05, 4.69) is 25.8 Å². The van der Waals surface area contributed by atoms with Gasteiger partial charge in [0.05, 0.1) is 12.6 Å². The second-order valence-electron chi connectivity index (χ2n) is 7.29. The van der Waals surface area contributed by atoms with Crippen LogP contribution in [0.5, 0.6) is 0 Å². The Morgan fingerprint density at radius 3 is 2.55 bits per heavy atom. The Labute approximate surface area is 181 Å². The lowest BCUT2D eigenvalue weighted by Gasteiger charge is -2.19. The Hall–Kier alpha value is -3.84. The summed E-state index contributed by atoms with van der Waals surface area (Å²) in [7, 11) is 1.88. The van der Waals surface area contributed by atoms with Crippen molar-refractivity contribution >= 4 is 11.6 Å². The van der Waals surface area contributed by atoms with Crippen LogP contribution >= 0.6 is 0 Å². The lowest BCUT2D eigenvalue weighted by Crippen LogP contribution is -2.42. The van der Waals surface area contributed by atoms with E-state index in [0.29, 0.717) is 13.0 Å². The van der Waals surface area contributed by atoms with Gasteiger partial charge in [-0.05, 0) is 47.4 Å². The van der Waals surface area contributed by atoms with Gasteiger partial charge in [-0.1, -0.05) is 42.5 Å². The monoisotopic (exact) mass is 412 g/mol. The van der Waals surface area contributed by atoms with Gasteiger partial charge in [0.25, 0.3) is 0 Å². The number of nitrogens with zero attached hydrogens (tertiary/aromatic N) is 4. The molecule has 0 aliphatic heterocycles. The summed E-state index contributed by atoms with van der Waals surface area (Å²) in [5, 5.41) is 14.4. The third kappa shape index (κ3) is 5.40. The summed E-state index contributed by atoms with van der Waals surface area (Å²) in [6.45, 7) is 0.443. The minimum absolute atomic E-state index is 0.0992. The number of rotatable bonds is 8. The number of pyridine rings is 1. The van der Waals surface area contributed by atoms with Crippen molar-refractivity contribution in [2.75, 3.05) is 5.32 Å². The molecule has 2 N–H and O–H groups in total. The topological polar surface area (TPSA) is 84.7 Å². The second-order valence-corrected chi connectivity index (χ2v) is 7.29. The first-order chi connectivity index (χ1) is 15.2. The predicted molar refractivity (Wildman–Crippen MR) is 120 cm³/mol. The van der Waals surface area contributed by atoms with Crippen molar-refractivity contribution in [3.63, 3.8) is 0 Å². The molecule has 1 amide bonds. The molecular formula is C24H24N6O. The fourth-order valence-electron chi connectivity index (χ4n) is 3.34. The Morgan fingerprint density at radius 1 is 1.00 bits per heavy atom. The van der Waals surface area contributed by atoms with Gasteiger partial charge in [0, 0.05) is 25.1 Å². The third-order valence-electron chi connectivity index (χ3n) is 5.05. The van der Waals surface area contributed by atoms with E-state index < -0.39 is 6.04 Å². The van der Waals surface area contributed by atoms with Gasteiger partial charge >= 0.3 is 0 Å². The average molecular weight is 412 g/mol. The number of benzene rings is 2. The zero-order valence-corrected chi connectivity index (χ0v) is 17.3. The first kappa shape index (κ1) is 20.4. The zero-order valence-electron chi connectivity index (χ0n) is 17.3. The van der Waals surface area contributed by atoms with Gasteiger partial charge in [-0.2, -0.15) is 0 Å². The quantitative estimate of drug-likeness (QED) is 0.464. The molecule has 4 aromatic rings. The van der Waals surface area contributed by atoms with Crippen molar-refractivity contribution in [3.8, 4) is 11.1 Å². The summed E-state index contributed by atoms with van der Waals surface area (Å²) in [4.78, 5) is 17.2. The van der Waals surface area contributed by atoms with Crippen LogP contribution in [0.2, 0.25) is 0 Å². The normalized spacial score (nSPS) is 11.8. The van der Waals surface area contributed by atoms with Gasteiger partial charge < -0.3 is 9.88 Å². The van der Waals surface area contributed by atoms with Crippen LogP contribution in [-0.4, -0.2) is 31.7 Å². The van der Waals surface area contributed by atoms with Gasteiger partial charge in [0.15, 0.2) is 0 Å². The standard InChI is InChI=1S/C24H24N6O/c1-30-17-27-29-23(30)16-26-22(14-18-6-3-2-4-7-18)24(31)28-21-9-5-8-20(15-21)19-10-12-25-13-11-19/h2-13,15,17,22,26H,14,16H2,1H3,(H,28,31). The fourth-order valence-corrected chi connectivity index (χ4v) is 3.34. The van der Waals surface area contributed by atoms with Crippen molar-refractivity contribution < 1.29 is 4.79 Å². The molecule has 1 atom stereocenters. The predicted octanol–water partition coefficient (Wildman–Crippen LogP) is 3.22. The molecular weight excluding hydrogens is 388 g/mol. The Kier molecular flexibility index (Phi) is 6.44. The average Bonchev–Trinajstić information content (AvgIpc) is 3.22. The summed E-state index contributed by atoms with van der Waals surface area (Å²) in [5.41, 5.74) is 3.90. The van der Waals surface area contributed by atoms with Gasteiger partial charge in [-0.25, -0.2) is 0 Å². The molecule has 0 fully saturated rings. The Bertz CT molecular complexity index is 1130. The maximum Gasteiger partial charge on any atom is 0.241 e. The third-order valence-corrected chi connectivity index (χ3v) is 5.05. The molecule has 7 heteroatoms. The van der Waals surface area contributed by atoms with E-state index in [-0.39, 0.29) is 5.91 Å². The van der Waals surface area contributed by atoms with E-state index in [0.717, 1.165) is 28.2 Å². The number of hydrogen-bond acceptors (Lipinski definition) is 5. The largest absolute Gasteiger partial charge is 0.325 e. The molecule has 2 heterocycles. The highest BCUT2D eigenvalue weighted by Crippen LogP contribution is 2.22. The maximum absolute atomic E-state index is 13.2. The Balaban J connectivity index is 1.50. The molecule has 156 valence electrons. The number of amides is 1. The van der Waals surface area contributed by atoms with Crippen LogP contribution in [0, 0.1) is 0 Å². The molecule has 7 nitrogen and oxygen atoms in total. The minimum Gasteiger partial charge on any atom is -0.325 e. The molecule has 0 spiro atoms. The molecule has 0 aliphatic rings. The van der Waals surface area contributed by atoms with Gasteiger partial charge in [0.2, 0.25) is 5.91 Å². The van der Waals surface area contributed by atoms with Crippen molar-refractivity contribution in [2.24, 2.45) is 7.05 Å². The number of anilines is 1. The maximum atomic E-state index is 13.2. The summed E-state index contributed by atoms with van der Waals surface area (Å²) >= 11 is 0. The first-order valence-corrected chi connectivity index (χ1v) is 10.1. The van der Waals surface area contributed by atoms with Crippen molar-refractivity contribution in [1.82, 2.24) is 25.1 Å². The highest BCUT2D eigenvalue weighted by Gasteiger charge is 2.20. The second kappa shape index (κ2) is 9.77. The summed E-state index contributed by atoms with van der Waals surface area (Å²) in [6, 6.07) is 21.2. The lowest BCUT2D eigenvalue weighted by atomic mass is 10.0. The fraction of sp³-hybridized carbons (Fsp3) is 0.167. The van der Waals surface area contributed by atoms with Crippen LogP contribution in [-0.2, 0) is 24.8 Å². The number of hydrogen-bond donors (Lipinski definition) is 2. The van der Waals surface area contributed by atoms with E-state index in [1.165, 1.54) is 0 Å². The highest BCUT2D eigenvalue weighted by molar-refractivity contribution is 5.95. The van der Waals surface area contributed by atoms with Crippen molar-refractivity contribution in [1.29, 1.82) is 0 Å². The molecule has 0 bridgehead atoms. The van der Waals surface area contributed by atoms with Crippen LogP contribution < -0.4 is 10.6 Å². The SMILES string of the molecule is Cn1cnnc1CNC(Cc1ccccc1)C(=O)Nc1cccc(-c2ccncc2)c1. The molecule has 0 saturated carbocycles. The molecule has 2 aromatic carbocycles. The number of aromatic nitrogens is 4. The van der Waals surface area contributed by atoms with Crippen LogP contribution in [0.1, 0.15) is 11.4 Å². The van der Waals surface area contributed by atoms with Crippen molar-refractivity contribution in [3.05, 3.63) is 96.8 Å². The van der Waals surface area contributed by atoms with Crippen LogP contribution in [0.25, 0.3) is 11.1 Å². The molecule has 0 aliphatic carbocycles. The van der Waals surface area contributed by atoms with Crippen molar-refractivity contribution in [2.45, 2.75) is 19.0 Å². The molecule has 0 saturated heterocycles. The Morgan fingerprint density at radius 2 is 1.81 bits per heavy atom. The van der Waals surface area contributed by atoms with Crippen LogP contribution in [0.4, 0.5) is 5.69 Å². The summed E-state index contributed by atoms with van der Waals surface area (Å²) in [5.74, 6) is 0.670. The summed E-state index contributed by atoms with van der Waals surface area (Å²) < 4.78 is 1.84. The highest BCUT2D eigenvalue weighted by atomic mass is 16.2. The molecule has 2 aromatic heterocycles. The molecule has 1 unspecified atom stereocenters. The van der Waals surface area contributed by atoms with Gasteiger partial charge in [0.1, 0.15) is 12.2 Å². The molecule has 0 radical (unpaired) electrons. The number of nitrogens with one attached hydrogen (secondary N) is 2. The number of aryl methyl sites for hydroxylation is 1. The van der Waals surface area contributed by atoms with E-state index in [9.17, 15) is 4.79 Å². The minimum atomic E-state index is -0.427. The van der Waals surface area contributed by atoms with E-state index in [1.807, 2.05) is 78.3 Å². The van der Waals surface area contributed by atoms with E-state index in [4.69, 9.17) is 0 Å². The van der Waals surface area contributed by atoms with Gasteiger partial charge in [-0.3, -0.25) is 15.1 Å². The van der Waals surface area contributed by atoms with Gasteiger partial charge in [-0.15, -0.1) is 10.2 Å². The van der Waals surface area contributed by atoms with Crippen LogP contribution in [0.15, 0.2) is 85.5 Å². The smallest absolute Gasteiger partial charge is 0.241 e. The molecule has 4 rings (SSSR count). The molecule has 31 heavy (non-hydrogen) atoms. The number of carbonyl (C=O) groups excluding carboxylic acids is 1. The summed E-state index contributed by atoms with van der Waals surface area (Å²) in [6.07, 6.45) is 5.72. The lowest BCUT2D eigenvalue weighted by molar-refractivity contribution is -0.118. The first-order valence-electron chi connectivity index (χ1n) is 10.1. The van der Waals surface area contributed by atoms with E-state index >= 15 is 0 Å². The zero-order chi connectivity index (χ0) is 21.5. The van der Waals surface area contributed by atoms with Crippen LogP contribution in [0.3, 0.4) is 0 Å².